The van der Waals surface area contributed by atoms with E-state index in [0.717, 1.165) is 5.56 Å². The van der Waals surface area contributed by atoms with Gasteiger partial charge in [0.15, 0.2) is 23.3 Å². The number of piperidine rings is 1. The largest absolute Gasteiger partial charge is 0.442 e. The Kier molecular flexibility index (Phi) is 5.41. The van der Waals surface area contributed by atoms with Gasteiger partial charge in [0.1, 0.15) is 11.6 Å². The molecule has 4 bridgehead atoms. The van der Waals surface area contributed by atoms with Crippen LogP contribution in [-0.4, -0.2) is 68.3 Å². The van der Waals surface area contributed by atoms with Crippen LogP contribution in [-0.2, 0) is 19.1 Å². The molecule has 0 aromatic heterocycles. The predicted molar refractivity (Wildman–Crippen MR) is 133 cm³/mol. The van der Waals surface area contributed by atoms with Crippen LogP contribution in [0.3, 0.4) is 0 Å². The molecular weight excluding hydrogens is 479 g/mol. The van der Waals surface area contributed by atoms with Gasteiger partial charge in [-0.3, -0.25) is 14.5 Å². The van der Waals surface area contributed by atoms with Crippen LogP contribution in [0.2, 0.25) is 0 Å². The summed E-state index contributed by atoms with van der Waals surface area (Å²) in [4.78, 5) is 38.3. The Morgan fingerprint density at radius 3 is 2.59 bits per heavy atom. The van der Waals surface area contributed by atoms with Gasteiger partial charge in [0, 0.05) is 31.5 Å². The van der Waals surface area contributed by atoms with E-state index >= 15 is 4.39 Å². The van der Waals surface area contributed by atoms with Crippen molar-refractivity contribution in [3.8, 4) is 0 Å². The van der Waals surface area contributed by atoms with E-state index in [1.54, 1.807) is 19.1 Å². The summed E-state index contributed by atoms with van der Waals surface area (Å²) in [5, 5.41) is 6.00. The molecule has 0 radical (unpaired) electrons. The number of carbonyl (C=O) groups excluding carboxylic acids is 3. The molecule has 1 saturated carbocycles. The van der Waals surface area contributed by atoms with Crippen LogP contribution in [0.5, 0.6) is 0 Å². The number of nitrogens with one attached hydrogen (secondary N) is 2. The molecule has 9 nitrogen and oxygen atoms in total. The van der Waals surface area contributed by atoms with Gasteiger partial charge >= 0.3 is 6.09 Å². The van der Waals surface area contributed by atoms with Crippen molar-refractivity contribution in [3.05, 3.63) is 59.9 Å². The second-order valence-corrected chi connectivity index (χ2v) is 10.4. The molecule has 2 aromatic carbocycles. The van der Waals surface area contributed by atoms with Gasteiger partial charge in [0.25, 0.3) is 0 Å². The number of ketones is 1. The molecule has 4 heterocycles. The van der Waals surface area contributed by atoms with Crippen LogP contribution in [0, 0.1) is 11.7 Å². The van der Waals surface area contributed by atoms with Crippen molar-refractivity contribution in [2.75, 3.05) is 31.6 Å². The zero-order valence-electron chi connectivity index (χ0n) is 20.9. The maximum atomic E-state index is 16.1. The number of likely N-dealkylation sites (N-methyl/N-ethyl adjacent to an activating group) is 1. The fourth-order valence-corrected chi connectivity index (χ4v) is 7.10. The lowest BCUT2D eigenvalue weighted by molar-refractivity contribution is -0.160. The molecule has 5 fully saturated rings. The maximum absolute atomic E-state index is 16.1. The normalized spacial score (nSPS) is 35.3. The molecule has 10 heteroatoms. The molecule has 0 spiro atoms. The summed E-state index contributed by atoms with van der Waals surface area (Å²) in [5.74, 6) is -0.664. The highest BCUT2D eigenvalue weighted by Gasteiger charge is 2.88. The maximum Gasteiger partial charge on any atom is 0.414 e. The molecule has 5 aliphatic rings. The van der Waals surface area contributed by atoms with Crippen molar-refractivity contribution in [1.82, 2.24) is 15.1 Å². The van der Waals surface area contributed by atoms with E-state index in [2.05, 4.69) is 10.6 Å². The molecule has 4 saturated heterocycles. The average Bonchev–Trinajstić information content (AvgIpc) is 3.18. The van der Waals surface area contributed by atoms with Gasteiger partial charge in [0.2, 0.25) is 12.1 Å². The van der Waals surface area contributed by atoms with E-state index in [1.165, 1.54) is 17.9 Å². The second kappa shape index (κ2) is 8.34. The number of quaternary nitrogens is 1. The Bertz CT molecular complexity index is 1290. The molecule has 1 aliphatic carbocycles. The Morgan fingerprint density at radius 1 is 1.19 bits per heavy atom. The smallest absolute Gasteiger partial charge is 0.414 e. The van der Waals surface area contributed by atoms with E-state index < -0.39 is 35.8 Å². The highest BCUT2D eigenvalue weighted by atomic mass is 19.1. The molecule has 2 N–H and O–H groups in total. The van der Waals surface area contributed by atoms with Crippen LogP contribution in [0.15, 0.2) is 48.5 Å². The van der Waals surface area contributed by atoms with Crippen molar-refractivity contribution in [1.29, 1.82) is 0 Å². The summed E-state index contributed by atoms with van der Waals surface area (Å²) in [6, 6.07) is 13.8. The fraction of sp³-hybridized carbons (Fsp3) is 0.444. The summed E-state index contributed by atoms with van der Waals surface area (Å²) in [7, 11) is 1.84. The first-order valence-corrected chi connectivity index (χ1v) is 12.5. The highest BCUT2D eigenvalue weighted by Crippen LogP contribution is 2.68. The molecule has 2 aromatic rings. The zero-order valence-corrected chi connectivity index (χ0v) is 20.9. The van der Waals surface area contributed by atoms with E-state index in [4.69, 9.17) is 9.47 Å². The molecule has 7 rings (SSSR count). The van der Waals surface area contributed by atoms with E-state index in [9.17, 15) is 14.4 Å². The third-order valence-electron chi connectivity index (χ3n) is 8.49. The molecule has 194 valence electrons. The summed E-state index contributed by atoms with van der Waals surface area (Å²) < 4.78 is 28.1. The van der Waals surface area contributed by atoms with Crippen LogP contribution in [0.4, 0.5) is 20.6 Å². The van der Waals surface area contributed by atoms with Gasteiger partial charge in [0.05, 0.1) is 37.3 Å². The van der Waals surface area contributed by atoms with Crippen LogP contribution < -0.4 is 20.0 Å². The number of halogens is 1. The van der Waals surface area contributed by atoms with Gasteiger partial charge < -0.3 is 20.1 Å². The quantitative estimate of drug-likeness (QED) is 0.556. The summed E-state index contributed by atoms with van der Waals surface area (Å²) >= 11 is 0. The first-order chi connectivity index (χ1) is 17.7. The molecule has 37 heavy (non-hydrogen) atoms. The van der Waals surface area contributed by atoms with Crippen molar-refractivity contribution in [2.24, 2.45) is 5.92 Å². The number of nitrogens with zero attached hydrogens (tertiary/aromatic N) is 2. The lowest BCUT2D eigenvalue weighted by atomic mass is 9.94. The molecule has 3 unspecified atom stereocenters. The molecule has 2 amide bonds. The predicted octanol–water partition coefficient (Wildman–Crippen LogP) is 2.25. The van der Waals surface area contributed by atoms with Crippen molar-refractivity contribution >= 4 is 29.2 Å². The average molecular weight is 510 g/mol. The van der Waals surface area contributed by atoms with E-state index in [0.29, 0.717) is 17.9 Å². The number of Topliss-reactive ketones (excluding diaryl/α,β-unsaturated/α-hetero) is 1. The van der Waals surface area contributed by atoms with Crippen LogP contribution in [0.25, 0.3) is 0 Å². The monoisotopic (exact) mass is 509 g/mol. The minimum Gasteiger partial charge on any atom is -0.442 e. The molecular formula is C27H30FN4O5+. The topological polar surface area (TPSA) is 97.0 Å². The molecule has 7 atom stereocenters. The first-order valence-electron chi connectivity index (χ1n) is 12.5. The summed E-state index contributed by atoms with van der Waals surface area (Å²) in [5.41, 5.74) is 1.07. The number of benzene rings is 2. The van der Waals surface area contributed by atoms with Gasteiger partial charge in [-0.05, 0) is 13.1 Å². The van der Waals surface area contributed by atoms with Gasteiger partial charge in [-0.15, -0.1) is 0 Å². The van der Waals surface area contributed by atoms with E-state index in [1.807, 2.05) is 37.4 Å². The number of fused-ring (bicyclic) bond motifs is 1. The van der Waals surface area contributed by atoms with Crippen LogP contribution in [0.1, 0.15) is 25.6 Å². The molecule has 4 aliphatic heterocycles. The number of anilines is 1. The number of hydrogen-bond donors (Lipinski definition) is 2. The standard InChI is InChI=1S/C27H29FN4O5/c1-15(33)23-27(29-3)20-14-32(23,25(37-24(20)27)17-7-5-4-6-8-17)22-10-9-18(11-21(22)28)31-13-19(36-26(31)35)12-30-16(2)34/h4-11,19-20,23-25,29H,12-14H2,1-3H3/p+1/t19-,20+,23?,24-,25?,27+,32?/m0/s1. The van der Waals surface area contributed by atoms with Crippen molar-refractivity contribution in [3.63, 3.8) is 0 Å². The third-order valence-corrected chi connectivity index (χ3v) is 8.49. The second-order valence-electron chi connectivity index (χ2n) is 10.4. The van der Waals surface area contributed by atoms with Gasteiger partial charge in [-0.25, -0.2) is 13.7 Å². The summed E-state index contributed by atoms with van der Waals surface area (Å²) in [6.07, 6.45) is -1.78. The Hall–Kier alpha value is -3.34. The lowest BCUT2D eigenvalue weighted by Gasteiger charge is -2.51. The van der Waals surface area contributed by atoms with Gasteiger partial charge in [-0.1, -0.05) is 30.3 Å². The van der Waals surface area contributed by atoms with Crippen molar-refractivity contribution < 1.29 is 28.2 Å². The minimum absolute atomic E-state index is 0.0176. The number of cyclic esters (lactones) is 1. The van der Waals surface area contributed by atoms with Gasteiger partial charge in [-0.2, -0.15) is 0 Å². The number of hydrogen-bond acceptors (Lipinski definition) is 6. The number of amides is 2. The highest BCUT2D eigenvalue weighted by molar-refractivity contribution is 5.91. The zero-order chi connectivity index (χ0) is 26.1. The summed E-state index contributed by atoms with van der Waals surface area (Å²) in [6.45, 7) is 3.90. The minimum atomic E-state index is -0.598. The number of carbonyl (C=O) groups is 3. The first kappa shape index (κ1) is 24.0. The number of rotatable bonds is 7. The Balaban J connectivity index is 1.39. The SMILES string of the molecule is CN[C@@]12C(C(C)=O)[N+]3(c4ccc(N5C[C@H](CNC(C)=O)OC5=O)cc4F)C[C@@H]1[C@@H]2OC3c1ccccc1. The fourth-order valence-electron chi connectivity index (χ4n) is 7.10. The Labute approximate surface area is 214 Å². The lowest BCUT2D eigenvalue weighted by Crippen LogP contribution is -2.71. The van der Waals surface area contributed by atoms with E-state index in [-0.39, 0.29) is 41.3 Å². The Morgan fingerprint density at radius 2 is 1.95 bits per heavy atom. The number of ether oxygens (including phenoxy) is 2. The van der Waals surface area contributed by atoms with Crippen molar-refractivity contribution in [2.45, 2.75) is 43.9 Å². The third kappa shape index (κ3) is 3.29. The van der Waals surface area contributed by atoms with Crippen LogP contribution >= 0.6 is 0 Å².